The van der Waals surface area contributed by atoms with E-state index in [1.54, 1.807) is 6.07 Å². The molecule has 2 nitrogen and oxygen atoms in total. The van der Waals surface area contributed by atoms with Crippen LogP contribution in [0.2, 0.25) is 5.02 Å². The number of halogens is 2. The Morgan fingerprint density at radius 2 is 2.00 bits per heavy atom. The molecule has 0 saturated carbocycles. The molecule has 1 aliphatic heterocycles. The van der Waals surface area contributed by atoms with Crippen molar-refractivity contribution in [3.05, 3.63) is 63.9 Å². The Morgan fingerprint density at radius 3 is 2.80 bits per heavy atom. The van der Waals surface area contributed by atoms with Gasteiger partial charge in [0.25, 0.3) is 0 Å². The molecule has 0 spiro atoms. The average molecular weight is 292 g/mol. The molecule has 2 unspecified atom stereocenters. The summed E-state index contributed by atoms with van der Waals surface area (Å²) in [5, 5.41) is 0.494. The largest absolute Gasteiger partial charge is 0.485 e. The molecule has 0 saturated heterocycles. The van der Waals surface area contributed by atoms with Crippen LogP contribution in [0.3, 0.4) is 0 Å². The van der Waals surface area contributed by atoms with E-state index >= 15 is 0 Å². The molecule has 2 aromatic rings. The summed E-state index contributed by atoms with van der Waals surface area (Å²) >= 11 is 5.94. The topological polar surface area (TPSA) is 35.2 Å². The normalized spacial score (nSPS) is 21.2. The Labute approximate surface area is 122 Å². The van der Waals surface area contributed by atoms with E-state index < -0.39 is 6.10 Å². The lowest BCUT2D eigenvalue weighted by atomic mass is 9.92. The van der Waals surface area contributed by atoms with Crippen LogP contribution in [0.4, 0.5) is 4.39 Å². The molecule has 0 fully saturated rings. The van der Waals surface area contributed by atoms with Gasteiger partial charge in [-0.2, -0.15) is 0 Å². The molecule has 3 rings (SSSR count). The van der Waals surface area contributed by atoms with Crippen LogP contribution in [0.1, 0.15) is 35.3 Å². The van der Waals surface area contributed by atoms with Gasteiger partial charge in [0.05, 0.1) is 0 Å². The van der Waals surface area contributed by atoms with E-state index in [1.165, 1.54) is 12.1 Å². The second-order valence-corrected chi connectivity index (χ2v) is 5.59. The third kappa shape index (κ3) is 2.39. The van der Waals surface area contributed by atoms with Crippen molar-refractivity contribution in [3.63, 3.8) is 0 Å². The minimum Gasteiger partial charge on any atom is -0.485 e. The van der Waals surface area contributed by atoms with Crippen LogP contribution in [-0.4, -0.2) is 0 Å². The number of nitrogens with two attached hydrogens (primary N) is 1. The Balaban J connectivity index is 1.99. The molecule has 0 aliphatic carbocycles. The molecule has 1 aliphatic rings. The van der Waals surface area contributed by atoms with Crippen molar-refractivity contribution >= 4 is 11.6 Å². The van der Waals surface area contributed by atoms with Gasteiger partial charge < -0.3 is 10.5 Å². The first-order chi connectivity index (χ1) is 9.54. The van der Waals surface area contributed by atoms with Crippen LogP contribution in [-0.2, 0) is 0 Å². The highest BCUT2D eigenvalue weighted by molar-refractivity contribution is 6.30. The number of hydrogen-bond acceptors (Lipinski definition) is 2. The predicted molar refractivity (Wildman–Crippen MR) is 77.5 cm³/mol. The zero-order chi connectivity index (χ0) is 14.3. The molecule has 2 atom stereocenters. The van der Waals surface area contributed by atoms with Crippen LogP contribution >= 0.6 is 11.6 Å². The van der Waals surface area contributed by atoms with Gasteiger partial charge in [0, 0.05) is 28.6 Å². The highest BCUT2D eigenvalue weighted by atomic mass is 35.5. The van der Waals surface area contributed by atoms with E-state index in [9.17, 15) is 4.39 Å². The number of rotatable bonds is 1. The van der Waals surface area contributed by atoms with E-state index in [4.69, 9.17) is 22.1 Å². The first-order valence-corrected chi connectivity index (χ1v) is 6.90. The first-order valence-electron chi connectivity index (χ1n) is 6.52. The molecule has 20 heavy (non-hydrogen) atoms. The maximum atomic E-state index is 13.9. The van der Waals surface area contributed by atoms with Crippen molar-refractivity contribution in [2.24, 2.45) is 5.73 Å². The molecule has 0 amide bonds. The second-order valence-electron chi connectivity index (χ2n) is 5.16. The fraction of sp³-hybridized carbons (Fsp3) is 0.250. The molecule has 0 aromatic heterocycles. The van der Waals surface area contributed by atoms with Gasteiger partial charge in [0.2, 0.25) is 0 Å². The molecule has 0 radical (unpaired) electrons. The van der Waals surface area contributed by atoms with Crippen molar-refractivity contribution in [2.45, 2.75) is 25.5 Å². The summed E-state index contributed by atoms with van der Waals surface area (Å²) in [6, 6.07) is 10.2. The zero-order valence-electron chi connectivity index (χ0n) is 11.1. The van der Waals surface area contributed by atoms with Crippen LogP contribution in [0.15, 0.2) is 36.4 Å². The minimum atomic E-state index is -0.404. The molecular weight excluding hydrogens is 277 g/mol. The van der Waals surface area contributed by atoms with E-state index in [2.05, 4.69) is 0 Å². The van der Waals surface area contributed by atoms with Gasteiger partial charge in [0.15, 0.2) is 0 Å². The molecular formula is C16H15ClFNO. The summed E-state index contributed by atoms with van der Waals surface area (Å²) < 4.78 is 19.8. The van der Waals surface area contributed by atoms with Gasteiger partial charge in [-0.1, -0.05) is 29.3 Å². The summed E-state index contributed by atoms with van der Waals surface area (Å²) in [5.41, 5.74) is 8.76. The third-order valence-electron chi connectivity index (χ3n) is 3.61. The first kappa shape index (κ1) is 13.4. The monoisotopic (exact) mass is 291 g/mol. The Bertz CT molecular complexity index is 659. The highest BCUT2D eigenvalue weighted by Gasteiger charge is 2.29. The number of ether oxygens (including phenoxy) is 1. The molecule has 2 N–H and O–H groups in total. The van der Waals surface area contributed by atoms with E-state index in [1.807, 2.05) is 25.1 Å². The lowest BCUT2D eigenvalue weighted by molar-refractivity contribution is 0.157. The summed E-state index contributed by atoms with van der Waals surface area (Å²) in [5.74, 6) is 0.404. The van der Waals surface area contributed by atoms with Crippen molar-refractivity contribution in [1.29, 1.82) is 0 Å². The van der Waals surface area contributed by atoms with Crippen LogP contribution in [0.5, 0.6) is 5.75 Å². The van der Waals surface area contributed by atoms with Gasteiger partial charge in [-0.25, -0.2) is 4.39 Å². The standard InChI is InChI=1S/C16H15ClFNO/c1-9-2-5-15-12(6-9)14(19)8-16(20-15)11-7-10(17)3-4-13(11)18/h2-7,14,16H,8,19H2,1H3. The van der Waals surface area contributed by atoms with Crippen molar-refractivity contribution in [3.8, 4) is 5.75 Å². The predicted octanol–water partition coefficient (Wildman–Crippen LogP) is 4.31. The molecule has 104 valence electrons. The maximum absolute atomic E-state index is 13.9. The number of fused-ring (bicyclic) bond motifs is 1. The van der Waals surface area contributed by atoms with Crippen molar-refractivity contribution in [2.75, 3.05) is 0 Å². The lowest BCUT2D eigenvalue weighted by Gasteiger charge is -2.31. The van der Waals surface area contributed by atoms with Crippen LogP contribution < -0.4 is 10.5 Å². The van der Waals surface area contributed by atoms with Crippen molar-refractivity contribution in [1.82, 2.24) is 0 Å². The average Bonchev–Trinajstić information content (AvgIpc) is 2.42. The Morgan fingerprint density at radius 1 is 1.20 bits per heavy atom. The molecule has 4 heteroatoms. The van der Waals surface area contributed by atoms with E-state index in [0.717, 1.165) is 16.9 Å². The molecule has 0 bridgehead atoms. The summed E-state index contributed by atoms with van der Waals surface area (Å²) in [4.78, 5) is 0. The zero-order valence-corrected chi connectivity index (χ0v) is 11.8. The molecule has 1 heterocycles. The summed E-state index contributed by atoms with van der Waals surface area (Å²) in [7, 11) is 0. The third-order valence-corrected chi connectivity index (χ3v) is 3.84. The lowest BCUT2D eigenvalue weighted by Crippen LogP contribution is -2.24. The molecule has 2 aromatic carbocycles. The quantitative estimate of drug-likeness (QED) is 0.849. The SMILES string of the molecule is Cc1ccc2c(c1)C(N)CC(c1cc(Cl)ccc1F)O2. The van der Waals surface area contributed by atoms with Gasteiger partial charge in [0.1, 0.15) is 17.7 Å². The smallest absolute Gasteiger partial charge is 0.130 e. The van der Waals surface area contributed by atoms with Gasteiger partial charge in [-0.15, -0.1) is 0 Å². The van der Waals surface area contributed by atoms with Gasteiger partial charge in [-0.05, 0) is 31.2 Å². The fourth-order valence-corrected chi connectivity index (χ4v) is 2.76. The van der Waals surface area contributed by atoms with Crippen LogP contribution in [0.25, 0.3) is 0 Å². The Hall–Kier alpha value is -1.58. The summed E-state index contributed by atoms with van der Waals surface area (Å²) in [6.07, 6.45) is 0.132. The van der Waals surface area contributed by atoms with E-state index in [-0.39, 0.29) is 11.9 Å². The Kier molecular flexibility index (Phi) is 3.40. The highest BCUT2D eigenvalue weighted by Crippen LogP contribution is 2.41. The van der Waals surface area contributed by atoms with Gasteiger partial charge >= 0.3 is 0 Å². The fourth-order valence-electron chi connectivity index (χ4n) is 2.58. The number of aryl methyl sites for hydroxylation is 1. The number of hydrogen-bond donors (Lipinski definition) is 1. The second kappa shape index (κ2) is 5.08. The van der Waals surface area contributed by atoms with Crippen LogP contribution in [0, 0.1) is 12.7 Å². The van der Waals surface area contributed by atoms with Crippen molar-refractivity contribution < 1.29 is 9.13 Å². The summed E-state index contributed by atoms with van der Waals surface area (Å²) in [6.45, 7) is 2.01. The maximum Gasteiger partial charge on any atom is 0.130 e. The van der Waals surface area contributed by atoms with E-state index in [0.29, 0.717) is 17.0 Å². The number of benzene rings is 2. The minimum absolute atomic E-state index is 0.165. The van der Waals surface area contributed by atoms with Gasteiger partial charge in [-0.3, -0.25) is 0 Å².